The van der Waals surface area contributed by atoms with Gasteiger partial charge in [-0.15, -0.1) is 0 Å². The molecular weight excluding hydrogens is 426 g/mol. The summed E-state index contributed by atoms with van der Waals surface area (Å²) in [5.74, 6) is 0.562. The van der Waals surface area contributed by atoms with Crippen molar-refractivity contribution in [2.75, 3.05) is 25.2 Å². The van der Waals surface area contributed by atoms with E-state index in [-0.39, 0.29) is 18.0 Å². The van der Waals surface area contributed by atoms with Crippen LogP contribution in [0.5, 0.6) is 17.2 Å². The maximum absolute atomic E-state index is 12.6. The number of rotatable bonds is 7. The molecule has 0 saturated heterocycles. The molecule has 0 aliphatic carbocycles. The van der Waals surface area contributed by atoms with Crippen LogP contribution in [0.15, 0.2) is 42.5 Å². The number of carbonyl (C=O) groups is 3. The zero-order valence-corrected chi connectivity index (χ0v) is 19.2. The number of fused-ring (bicyclic) bond motifs is 1. The number of methoxy groups -OCH3 is 1. The fourth-order valence-electron chi connectivity index (χ4n) is 3.27. The Balaban J connectivity index is 1.61. The Labute approximate surface area is 193 Å². The number of amides is 3. The molecule has 9 nitrogen and oxygen atoms in total. The van der Waals surface area contributed by atoms with Crippen LogP contribution in [-0.2, 0) is 9.59 Å². The molecule has 9 heteroatoms. The van der Waals surface area contributed by atoms with Gasteiger partial charge in [-0.1, -0.05) is 26.0 Å². The maximum atomic E-state index is 12.6. The number of anilines is 1. The van der Waals surface area contributed by atoms with E-state index in [1.54, 1.807) is 36.4 Å². The smallest absolute Gasteiger partial charge is 0.281 e. The first-order valence-electron chi connectivity index (χ1n) is 10.7. The minimum atomic E-state index is -0.977. The van der Waals surface area contributed by atoms with E-state index in [1.165, 1.54) is 25.0 Å². The first-order chi connectivity index (χ1) is 15.8. The highest BCUT2D eigenvalue weighted by Crippen LogP contribution is 2.33. The van der Waals surface area contributed by atoms with E-state index < -0.39 is 17.9 Å². The average Bonchev–Trinajstić information content (AvgIpc) is 2.81. The number of nitrogens with one attached hydrogen (secondary N) is 2. The van der Waals surface area contributed by atoms with Gasteiger partial charge in [0.25, 0.3) is 11.8 Å². The fraction of sp³-hybridized carbons (Fsp3) is 0.375. The number of hydrogen-bond acceptors (Lipinski definition) is 6. The van der Waals surface area contributed by atoms with Gasteiger partial charge >= 0.3 is 0 Å². The fourth-order valence-corrected chi connectivity index (χ4v) is 3.27. The molecule has 1 aliphatic rings. The largest absolute Gasteiger partial charge is 0.493 e. The lowest BCUT2D eigenvalue weighted by Crippen LogP contribution is -2.54. The highest BCUT2D eigenvalue weighted by molar-refractivity contribution is 5.98. The summed E-state index contributed by atoms with van der Waals surface area (Å²) >= 11 is 0. The molecule has 3 rings (SSSR count). The molecule has 3 amide bonds. The van der Waals surface area contributed by atoms with Gasteiger partial charge in [0.05, 0.1) is 25.9 Å². The summed E-state index contributed by atoms with van der Waals surface area (Å²) in [7, 11) is 1.49. The normalized spacial score (nSPS) is 14.7. The lowest BCUT2D eigenvalue weighted by atomic mass is 10.1. The van der Waals surface area contributed by atoms with Crippen molar-refractivity contribution >= 4 is 23.4 Å². The lowest BCUT2D eigenvalue weighted by molar-refractivity contribution is -0.129. The molecule has 33 heavy (non-hydrogen) atoms. The molecule has 1 unspecified atom stereocenters. The topological polar surface area (TPSA) is 106 Å². The molecule has 0 aromatic heterocycles. The van der Waals surface area contributed by atoms with Crippen LogP contribution in [-0.4, -0.2) is 44.1 Å². The van der Waals surface area contributed by atoms with Crippen LogP contribution in [0.4, 0.5) is 5.69 Å². The molecule has 0 fully saturated rings. The van der Waals surface area contributed by atoms with Crippen molar-refractivity contribution in [3.05, 3.63) is 48.0 Å². The molecule has 0 bridgehead atoms. The first kappa shape index (κ1) is 23.9. The molecular formula is C24H29N3O6. The SMILES string of the molecule is COc1cc(C(=O)NNC(=O)C2CN(C(C)=O)c3ccccc3O2)ccc1OCCC(C)C. The third-order valence-corrected chi connectivity index (χ3v) is 5.12. The summed E-state index contributed by atoms with van der Waals surface area (Å²) in [6.07, 6.45) is -0.0815. The second-order valence-electron chi connectivity index (χ2n) is 8.04. The van der Waals surface area contributed by atoms with Crippen molar-refractivity contribution in [3.63, 3.8) is 0 Å². The van der Waals surface area contributed by atoms with Gasteiger partial charge in [-0.3, -0.25) is 25.2 Å². The number of hydrazine groups is 1. The number of benzene rings is 2. The van der Waals surface area contributed by atoms with E-state index in [4.69, 9.17) is 14.2 Å². The second-order valence-corrected chi connectivity index (χ2v) is 8.04. The number of para-hydroxylation sites is 2. The standard InChI is InChI=1S/C24H29N3O6/c1-15(2)11-12-32-20-10-9-17(13-21(20)31-4)23(29)25-26-24(30)22-14-27(16(3)28)18-7-5-6-8-19(18)33-22/h5-10,13,15,22H,11-12,14H2,1-4H3,(H,25,29)(H,26,30). The number of hydrogen-bond donors (Lipinski definition) is 2. The summed E-state index contributed by atoms with van der Waals surface area (Å²) in [4.78, 5) is 38.7. The minimum absolute atomic E-state index is 0.0320. The van der Waals surface area contributed by atoms with Gasteiger partial charge in [0.1, 0.15) is 5.75 Å². The van der Waals surface area contributed by atoms with Crippen LogP contribution >= 0.6 is 0 Å². The summed E-state index contributed by atoms with van der Waals surface area (Å²) in [6, 6.07) is 11.7. The van der Waals surface area contributed by atoms with Gasteiger partial charge < -0.3 is 19.1 Å². The molecule has 2 aromatic carbocycles. The van der Waals surface area contributed by atoms with Crippen LogP contribution < -0.4 is 30.0 Å². The van der Waals surface area contributed by atoms with Crippen molar-refractivity contribution in [1.82, 2.24) is 10.9 Å². The summed E-state index contributed by atoms with van der Waals surface area (Å²) in [5.41, 5.74) is 5.62. The third kappa shape index (κ3) is 5.94. The van der Waals surface area contributed by atoms with Crippen LogP contribution in [0, 0.1) is 5.92 Å². The van der Waals surface area contributed by atoms with Crippen molar-refractivity contribution in [2.24, 2.45) is 5.92 Å². The summed E-state index contributed by atoms with van der Waals surface area (Å²) in [5, 5.41) is 0. The third-order valence-electron chi connectivity index (χ3n) is 5.12. The predicted molar refractivity (Wildman–Crippen MR) is 122 cm³/mol. The number of ether oxygens (including phenoxy) is 3. The second kappa shape index (κ2) is 10.7. The maximum Gasteiger partial charge on any atom is 0.281 e. The van der Waals surface area contributed by atoms with Gasteiger partial charge in [0, 0.05) is 12.5 Å². The number of nitrogens with zero attached hydrogens (tertiary/aromatic N) is 1. The van der Waals surface area contributed by atoms with Gasteiger partial charge in [0.2, 0.25) is 5.91 Å². The van der Waals surface area contributed by atoms with Crippen LogP contribution in [0.3, 0.4) is 0 Å². The Kier molecular flexibility index (Phi) is 7.76. The molecule has 176 valence electrons. The van der Waals surface area contributed by atoms with Gasteiger partial charge in [-0.2, -0.15) is 0 Å². The lowest BCUT2D eigenvalue weighted by Gasteiger charge is -2.33. The summed E-state index contributed by atoms with van der Waals surface area (Å²) in [6.45, 7) is 6.21. The monoisotopic (exact) mass is 455 g/mol. The van der Waals surface area contributed by atoms with Crippen molar-refractivity contribution in [3.8, 4) is 17.2 Å². The van der Waals surface area contributed by atoms with Crippen LogP contribution in [0.1, 0.15) is 37.6 Å². The highest BCUT2D eigenvalue weighted by Gasteiger charge is 2.32. The molecule has 2 aromatic rings. The summed E-state index contributed by atoms with van der Waals surface area (Å²) < 4.78 is 16.8. The van der Waals surface area contributed by atoms with Crippen LogP contribution in [0.25, 0.3) is 0 Å². The average molecular weight is 456 g/mol. The Bertz CT molecular complexity index is 1020. The zero-order chi connectivity index (χ0) is 24.0. The van der Waals surface area contributed by atoms with E-state index in [1.807, 2.05) is 0 Å². The molecule has 0 radical (unpaired) electrons. The Hall–Kier alpha value is -3.75. The van der Waals surface area contributed by atoms with E-state index >= 15 is 0 Å². The predicted octanol–water partition coefficient (Wildman–Crippen LogP) is 2.70. The van der Waals surface area contributed by atoms with Gasteiger partial charge in [0.15, 0.2) is 17.6 Å². The van der Waals surface area contributed by atoms with E-state index in [0.717, 1.165) is 6.42 Å². The van der Waals surface area contributed by atoms with E-state index in [0.29, 0.717) is 35.5 Å². The molecule has 0 spiro atoms. The molecule has 0 saturated carbocycles. The Morgan fingerprint density at radius 3 is 2.58 bits per heavy atom. The van der Waals surface area contributed by atoms with E-state index in [9.17, 15) is 14.4 Å². The van der Waals surface area contributed by atoms with Crippen molar-refractivity contribution in [2.45, 2.75) is 33.3 Å². The molecule has 1 atom stereocenters. The van der Waals surface area contributed by atoms with E-state index in [2.05, 4.69) is 24.7 Å². The van der Waals surface area contributed by atoms with Crippen LogP contribution in [0.2, 0.25) is 0 Å². The van der Waals surface area contributed by atoms with Gasteiger partial charge in [-0.25, -0.2) is 0 Å². The highest BCUT2D eigenvalue weighted by atomic mass is 16.5. The van der Waals surface area contributed by atoms with Crippen molar-refractivity contribution in [1.29, 1.82) is 0 Å². The van der Waals surface area contributed by atoms with Gasteiger partial charge in [-0.05, 0) is 42.7 Å². The zero-order valence-electron chi connectivity index (χ0n) is 19.2. The quantitative estimate of drug-likeness (QED) is 0.622. The number of carbonyl (C=O) groups excluding carboxylic acids is 3. The molecule has 2 N–H and O–H groups in total. The Morgan fingerprint density at radius 1 is 1.12 bits per heavy atom. The van der Waals surface area contributed by atoms with Crippen molar-refractivity contribution < 1.29 is 28.6 Å². The first-order valence-corrected chi connectivity index (χ1v) is 10.7. The molecule has 1 aliphatic heterocycles. The molecule has 1 heterocycles. The Morgan fingerprint density at radius 2 is 1.88 bits per heavy atom. The minimum Gasteiger partial charge on any atom is -0.493 e.